The topological polar surface area (TPSA) is 155 Å². The number of imidazole rings is 2. The smallest absolute Gasteiger partial charge is 0.288 e. The van der Waals surface area contributed by atoms with Crippen LogP contribution in [0.1, 0.15) is 5.56 Å². The summed E-state index contributed by atoms with van der Waals surface area (Å²) in [5.74, 6) is -2.56. The molecule has 11 heteroatoms. The van der Waals surface area contributed by atoms with Gasteiger partial charge in [-0.3, -0.25) is 0 Å². The summed E-state index contributed by atoms with van der Waals surface area (Å²) >= 11 is 0. The second kappa shape index (κ2) is 8.80. The Morgan fingerprint density at radius 2 is 1.85 bits per heavy atom. The zero-order chi connectivity index (χ0) is 23.9. The van der Waals surface area contributed by atoms with E-state index in [4.69, 9.17) is 9.47 Å². The van der Waals surface area contributed by atoms with Crippen molar-refractivity contribution in [2.75, 3.05) is 6.61 Å². The van der Waals surface area contributed by atoms with E-state index >= 15 is 0 Å². The van der Waals surface area contributed by atoms with Crippen molar-refractivity contribution >= 4 is 11.0 Å². The molecule has 2 aromatic heterocycles. The summed E-state index contributed by atoms with van der Waals surface area (Å²) in [5, 5.41) is 51.1. The molecule has 1 aliphatic heterocycles. The van der Waals surface area contributed by atoms with Gasteiger partial charge in [-0.05, 0) is 29.8 Å². The predicted molar refractivity (Wildman–Crippen MR) is 118 cm³/mol. The van der Waals surface area contributed by atoms with E-state index in [1.807, 2.05) is 35.0 Å². The molecule has 0 unspecified atom stereocenters. The monoisotopic (exact) mass is 468 g/mol. The number of aliphatic hydroxyl groups is 5. The van der Waals surface area contributed by atoms with Gasteiger partial charge in [0.05, 0.1) is 24.8 Å². The maximum atomic E-state index is 10.9. The van der Waals surface area contributed by atoms with E-state index in [0.717, 1.165) is 11.3 Å². The standard InChI is InChI=1S/C23H24N4O7/c28-11-18-20(29)21(30)23(32,22(31)33-18)34-17-3-1-2-16-19(17)27(13-25-16)10-14-4-6-15(7-5-14)26-9-8-24-12-26/h1-9,12-13,18,20-22,28-32H,10-11H2/t18-,20-,21+,22-,23+/m1/s1. The van der Waals surface area contributed by atoms with E-state index in [1.165, 1.54) is 0 Å². The van der Waals surface area contributed by atoms with Crippen molar-refractivity contribution in [3.8, 4) is 11.4 Å². The number of rotatable bonds is 6. The third-order valence-electron chi connectivity index (χ3n) is 5.93. The molecule has 0 aliphatic carbocycles. The summed E-state index contributed by atoms with van der Waals surface area (Å²) in [6, 6.07) is 12.8. The quantitative estimate of drug-likeness (QED) is 0.241. The summed E-state index contributed by atoms with van der Waals surface area (Å²) in [5.41, 5.74) is 3.00. The van der Waals surface area contributed by atoms with Gasteiger partial charge in [0.25, 0.3) is 5.79 Å². The lowest BCUT2D eigenvalue weighted by Crippen LogP contribution is -2.69. The van der Waals surface area contributed by atoms with Crippen LogP contribution in [0.3, 0.4) is 0 Å². The van der Waals surface area contributed by atoms with E-state index < -0.39 is 37.0 Å². The second-order valence-corrected chi connectivity index (χ2v) is 8.13. The fourth-order valence-corrected chi connectivity index (χ4v) is 4.05. The van der Waals surface area contributed by atoms with Crippen LogP contribution in [-0.4, -0.2) is 81.6 Å². The minimum absolute atomic E-state index is 0.115. The van der Waals surface area contributed by atoms with Gasteiger partial charge in [0.15, 0.2) is 6.10 Å². The summed E-state index contributed by atoms with van der Waals surface area (Å²) in [6.45, 7) is -0.232. The van der Waals surface area contributed by atoms with Gasteiger partial charge < -0.3 is 44.1 Å². The lowest BCUT2D eigenvalue weighted by atomic mass is 9.96. The second-order valence-electron chi connectivity index (χ2n) is 8.13. The fourth-order valence-electron chi connectivity index (χ4n) is 4.05. The van der Waals surface area contributed by atoms with Crippen molar-refractivity contribution in [1.82, 2.24) is 19.1 Å². The molecule has 0 bridgehead atoms. The van der Waals surface area contributed by atoms with Crippen molar-refractivity contribution in [3.05, 3.63) is 73.1 Å². The minimum atomic E-state index is -2.68. The van der Waals surface area contributed by atoms with Gasteiger partial charge in [-0.2, -0.15) is 0 Å². The van der Waals surface area contributed by atoms with E-state index in [-0.39, 0.29) is 5.75 Å². The SMILES string of the molecule is OC[C@H]1O[C@@H](O)[C@@](O)(Oc2cccc3ncn(Cc4ccc(-n5ccnc5)cc4)c23)[C@@H](O)[C@@H]1O. The zero-order valence-corrected chi connectivity index (χ0v) is 17.9. The highest BCUT2D eigenvalue weighted by atomic mass is 16.7. The van der Waals surface area contributed by atoms with Gasteiger partial charge in [0, 0.05) is 24.6 Å². The predicted octanol–water partition coefficient (Wildman–Crippen LogP) is -0.231. The highest BCUT2D eigenvalue weighted by molar-refractivity contribution is 5.82. The van der Waals surface area contributed by atoms with Crippen molar-refractivity contribution in [1.29, 1.82) is 0 Å². The molecular weight excluding hydrogens is 444 g/mol. The molecule has 3 heterocycles. The van der Waals surface area contributed by atoms with Crippen molar-refractivity contribution in [2.45, 2.75) is 36.9 Å². The highest BCUT2D eigenvalue weighted by Crippen LogP contribution is 2.35. The Kier molecular flexibility index (Phi) is 5.81. The lowest BCUT2D eigenvalue weighted by molar-refractivity contribution is -0.385. The Balaban J connectivity index is 1.44. The van der Waals surface area contributed by atoms with Crippen LogP contribution in [0.25, 0.3) is 16.7 Å². The number of benzene rings is 2. The molecule has 178 valence electrons. The number of aromatic nitrogens is 4. The Morgan fingerprint density at radius 1 is 1.06 bits per heavy atom. The molecule has 0 amide bonds. The van der Waals surface area contributed by atoms with Gasteiger partial charge in [0.2, 0.25) is 6.29 Å². The maximum absolute atomic E-state index is 10.9. The van der Waals surface area contributed by atoms with Crippen LogP contribution in [-0.2, 0) is 11.3 Å². The largest absolute Gasteiger partial charge is 0.452 e. The first-order valence-electron chi connectivity index (χ1n) is 10.6. The van der Waals surface area contributed by atoms with Gasteiger partial charge in [0.1, 0.15) is 23.5 Å². The first kappa shape index (κ1) is 22.5. The fraction of sp³-hybridized carbons (Fsp3) is 0.304. The molecule has 5 rings (SSSR count). The third kappa shape index (κ3) is 3.84. The van der Waals surface area contributed by atoms with Gasteiger partial charge >= 0.3 is 0 Å². The van der Waals surface area contributed by atoms with Gasteiger partial charge in [-0.1, -0.05) is 18.2 Å². The molecule has 4 aromatic rings. The molecule has 0 saturated carbocycles. The number of aliphatic hydroxyl groups excluding tert-OH is 4. The van der Waals surface area contributed by atoms with Crippen LogP contribution in [0, 0.1) is 0 Å². The number of fused-ring (bicyclic) bond motifs is 1. The molecule has 1 saturated heterocycles. The van der Waals surface area contributed by atoms with Crippen molar-refractivity contribution in [2.24, 2.45) is 0 Å². The molecule has 2 aromatic carbocycles. The Labute approximate surface area is 193 Å². The number of ether oxygens (including phenoxy) is 2. The number of nitrogens with zero attached hydrogens (tertiary/aromatic N) is 4. The summed E-state index contributed by atoms with van der Waals surface area (Å²) < 4.78 is 14.4. The molecule has 11 nitrogen and oxygen atoms in total. The number of hydrogen-bond donors (Lipinski definition) is 5. The number of hydrogen-bond acceptors (Lipinski definition) is 9. The lowest BCUT2D eigenvalue weighted by Gasteiger charge is -2.45. The van der Waals surface area contributed by atoms with Gasteiger partial charge in [-0.25, -0.2) is 9.97 Å². The first-order chi connectivity index (χ1) is 16.4. The summed E-state index contributed by atoms with van der Waals surface area (Å²) in [4.78, 5) is 8.43. The molecular formula is C23H24N4O7. The van der Waals surface area contributed by atoms with Crippen LogP contribution in [0.15, 0.2) is 67.5 Å². The first-order valence-corrected chi connectivity index (χ1v) is 10.6. The minimum Gasteiger partial charge on any atom is -0.452 e. The van der Waals surface area contributed by atoms with E-state index in [1.54, 1.807) is 41.6 Å². The molecule has 5 atom stereocenters. The Morgan fingerprint density at radius 3 is 2.56 bits per heavy atom. The average Bonchev–Trinajstić information content (AvgIpc) is 3.52. The zero-order valence-electron chi connectivity index (χ0n) is 17.9. The molecule has 34 heavy (non-hydrogen) atoms. The molecule has 0 spiro atoms. The molecule has 0 radical (unpaired) electrons. The van der Waals surface area contributed by atoms with Crippen LogP contribution in [0.2, 0.25) is 0 Å². The molecule has 1 aliphatic rings. The van der Waals surface area contributed by atoms with E-state index in [2.05, 4.69) is 9.97 Å². The molecule has 5 N–H and O–H groups in total. The maximum Gasteiger partial charge on any atom is 0.288 e. The Bertz CT molecular complexity index is 1260. The molecule has 1 fully saturated rings. The Hall–Kier alpha value is -3.32. The van der Waals surface area contributed by atoms with Gasteiger partial charge in [-0.15, -0.1) is 0 Å². The van der Waals surface area contributed by atoms with Crippen molar-refractivity contribution in [3.63, 3.8) is 0 Å². The summed E-state index contributed by atoms with van der Waals surface area (Å²) in [7, 11) is 0. The van der Waals surface area contributed by atoms with Crippen LogP contribution in [0.4, 0.5) is 0 Å². The average molecular weight is 468 g/mol. The highest BCUT2D eigenvalue weighted by Gasteiger charge is 2.57. The van der Waals surface area contributed by atoms with E-state index in [0.29, 0.717) is 17.6 Å². The van der Waals surface area contributed by atoms with Crippen LogP contribution in [0.5, 0.6) is 5.75 Å². The summed E-state index contributed by atoms with van der Waals surface area (Å²) in [6.07, 6.45) is -0.0475. The van der Waals surface area contributed by atoms with Crippen LogP contribution < -0.4 is 4.74 Å². The third-order valence-corrected chi connectivity index (χ3v) is 5.93. The normalized spacial score (nSPS) is 27.2. The van der Waals surface area contributed by atoms with E-state index in [9.17, 15) is 25.5 Å². The van der Waals surface area contributed by atoms with Crippen LogP contribution >= 0.6 is 0 Å². The number of para-hydroxylation sites is 1. The van der Waals surface area contributed by atoms with Crippen molar-refractivity contribution < 1.29 is 35.0 Å².